The van der Waals surface area contributed by atoms with Crippen molar-refractivity contribution in [2.24, 2.45) is 0 Å². The first-order valence-corrected chi connectivity index (χ1v) is 6.40. The average Bonchev–Trinajstić information content (AvgIpc) is 2.46. The summed E-state index contributed by atoms with van der Waals surface area (Å²) in [6, 6.07) is 15.2. The number of benzene rings is 2. The zero-order valence-corrected chi connectivity index (χ0v) is 12.0. The van der Waals surface area contributed by atoms with E-state index in [1.54, 1.807) is 31.1 Å². The molecule has 20 heavy (non-hydrogen) atoms. The smallest absolute Gasteiger partial charge is 0.255 e. The molecule has 2 aromatic rings. The monoisotopic (exact) mass is 269 g/mol. The molecule has 104 valence electrons. The Morgan fingerprint density at radius 3 is 2.25 bits per heavy atom. The molecule has 0 spiro atoms. The Morgan fingerprint density at radius 1 is 1.00 bits per heavy atom. The lowest BCUT2D eigenvalue weighted by Gasteiger charge is -2.24. The Balaban J connectivity index is 2.50. The van der Waals surface area contributed by atoms with E-state index in [0.29, 0.717) is 11.3 Å². The lowest BCUT2D eigenvalue weighted by Crippen LogP contribution is -2.24. The van der Waals surface area contributed by atoms with Crippen LogP contribution in [0, 0.1) is 0 Å². The Labute approximate surface area is 119 Å². The first kappa shape index (κ1) is 13.9. The number of nitrogen functional groups attached to an aromatic ring is 1. The lowest BCUT2D eigenvalue weighted by atomic mass is 10.1. The summed E-state index contributed by atoms with van der Waals surface area (Å²) in [4.78, 5) is 15.8. The quantitative estimate of drug-likeness (QED) is 0.872. The number of para-hydroxylation sites is 1. The van der Waals surface area contributed by atoms with E-state index < -0.39 is 0 Å². The summed E-state index contributed by atoms with van der Waals surface area (Å²) in [5.41, 5.74) is 8.95. The summed E-state index contributed by atoms with van der Waals surface area (Å²) in [6.07, 6.45) is 0. The van der Waals surface area contributed by atoms with Crippen molar-refractivity contribution in [1.29, 1.82) is 0 Å². The summed E-state index contributed by atoms with van der Waals surface area (Å²) in [7, 11) is 5.41. The molecule has 0 saturated carbocycles. The highest BCUT2D eigenvalue weighted by Gasteiger charge is 2.17. The van der Waals surface area contributed by atoms with Crippen molar-refractivity contribution in [2.45, 2.75) is 0 Å². The molecule has 4 nitrogen and oxygen atoms in total. The molecular weight excluding hydrogens is 250 g/mol. The minimum atomic E-state index is -0.0391. The highest BCUT2D eigenvalue weighted by atomic mass is 16.2. The molecule has 0 radical (unpaired) electrons. The van der Waals surface area contributed by atoms with Gasteiger partial charge in [0.05, 0.1) is 11.3 Å². The summed E-state index contributed by atoms with van der Waals surface area (Å²) >= 11 is 0. The molecule has 1 amide bonds. The van der Waals surface area contributed by atoms with Crippen LogP contribution in [0.15, 0.2) is 48.5 Å². The molecule has 0 fully saturated rings. The van der Waals surface area contributed by atoms with Crippen molar-refractivity contribution < 1.29 is 4.79 Å². The van der Waals surface area contributed by atoms with Crippen LogP contribution < -0.4 is 10.6 Å². The summed E-state index contributed by atoms with van der Waals surface area (Å²) in [5.74, 6) is -0.0391. The number of hydrogen-bond donors (Lipinski definition) is 1. The fourth-order valence-electron chi connectivity index (χ4n) is 2.04. The molecule has 0 saturated heterocycles. The second-order valence-electron chi connectivity index (χ2n) is 4.87. The number of anilines is 3. The van der Waals surface area contributed by atoms with Crippen LogP contribution in [0.1, 0.15) is 10.4 Å². The lowest BCUT2D eigenvalue weighted by molar-refractivity contribution is 0.0828. The zero-order valence-electron chi connectivity index (χ0n) is 12.0. The van der Waals surface area contributed by atoms with Gasteiger partial charge in [0.25, 0.3) is 5.91 Å². The van der Waals surface area contributed by atoms with Gasteiger partial charge in [-0.05, 0) is 30.3 Å². The molecule has 0 aliphatic rings. The predicted octanol–water partition coefficient (Wildman–Crippen LogP) is 2.74. The average molecular weight is 269 g/mol. The predicted molar refractivity (Wildman–Crippen MR) is 83.4 cm³/mol. The maximum absolute atomic E-state index is 12.3. The molecule has 0 unspecified atom stereocenters. The Bertz CT molecular complexity index is 608. The number of hydrogen-bond acceptors (Lipinski definition) is 3. The topological polar surface area (TPSA) is 49.6 Å². The molecule has 0 heterocycles. The van der Waals surface area contributed by atoms with E-state index in [4.69, 9.17) is 5.73 Å². The van der Waals surface area contributed by atoms with Crippen LogP contribution >= 0.6 is 0 Å². The van der Waals surface area contributed by atoms with E-state index >= 15 is 0 Å². The van der Waals surface area contributed by atoms with E-state index in [1.807, 2.05) is 48.3 Å². The van der Waals surface area contributed by atoms with E-state index in [0.717, 1.165) is 11.4 Å². The largest absolute Gasteiger partial charge is 0.399 e. The van der Waals surface area contributed by atoms with E-state index in [-0.39, 0.29) is 5.91 Å². The Kier molecular flexibility index (Phi) is 3.94. The summed E-state index contributed by atoms with van der Waals surface area (Å²) in [6.45, 7) is 0. The van der Waals surface area contributed by atoms with Gasteiger partial charge in [-0.2, -0.15) is 0 Å². The SMILES string of the molecule is CN(C)C(=O)c1ccc(N)cc1N(C)c1ccccc1. The number of carbonyl (C=O) groups is 1. The van der Waals surface area contributed by atoms with Gasteiger partial charge in [0, 0.05) is 32.5 Å². The van der Waals surface area contributed by atoms with Gasteiger partial charge < -0.3 is 15.5 Å². The Morgan fingerprint density at radius 2 is 1.65 bits per heavy atom. The Hall–Kier alpha value is -2.49. The van der Waals surface area contributed by atoms with Gasteiger partial charge in [0.2, 0.25) is 0 Å². The number of amides is 1. The van der Waals surface area contributed by atoms with Gasteiger partial charge in [-0.1, -0.05) is 18.2 Å². The molecule has 2 rings (SSSR count). The van der Waals surface area contributed by atoms with E-state index in [9.17, 15) is 4.79 Å². The molecule has 2 aromatic carbocycles. The van der Waals surface area contributed by atoms with Crippen molar-refractivity contribution >= 4 is 23.0 Å². The van der Waals surface area contributed by atoms with Crippen molar-refractivity contribution in [1.82, 2.24) is 4.90 Å². The molecule has 0 bridgehead atoms. The van der Waals surface area contributed by atoms with Crippen LogP contribution in [-0.4, -0.2) is 32.0 Å². The van der Waals surface area contributed by atoms with Gasteiger partial charge in [-0.25, -0.2) is 0 Å². The minimum absolute atomic E-state index is 0.0391. The zero-order chi connectivity index (χ0) is 14.7. The highest BCUT2D eigenvalue weighted by Crippen LogP contribution is 2.29. The van der Waals surface area contributed by atoms with Crippen LogP contribution in [0.25, 0.3) is 0 Å². The maximum Gasteiger partial charge on any atom is 0.255 e. The standard InChI is InChI=1S/C16H19N3O/c1-18(2)16(20)14-10-9-12(17)11-15(14)19(3)13-7-5-4-6-8-13/h4-11H,17H2,1-3H3. The molecule has 4 heteroatoms. The third kappa shape index (κ3) is 2.74. The molecule has 0 atom stereocenters. The van der Waals surface area contributed by atoms with Gasteiger partial charge >= 0.3 is 0 Å². The van der Waals surface area contributed by atoms with Gasteiger partial charge in [0.15, 0.2) is 0 Å². The number of nitrogens with zero attached hydrogens (tertiary/aromatic N) is 2. The third-order valence-corrected chi connectivity index (χ3v) is 3.16. The molecule has 0 aliphatic heterocycles. The van der Waals surface area contributed by atoms with Gasteiger partial charge in [0.1, 0.15) is 0 Å². The molecule has 2 N–H and O–H groups in total. The van der Waals surface area contributed by atoms with Gasteiger partial charge in [-0.3, -0.25) is 4.79 Å². The third-order valence-electron chi connectivity index (χ3n) is 3.16. The normalized spacial score (nSPS) is 10.2. The number of rotatable bonds is 3. The van der Waals surface area contributed by atoms with Crippen LogP contribution in [0.5, 0.6) is 0 Å². The van der Waals surface area contributed by atoms with E-state index in [2.05, 4.69) is 0 Å². The molecule has 0 aromatic heterocycles. The first-order chi connectivity index (χ1) is 9.50. The first-order valence-electron chi connectivity index (χ1n) is 6.40. The van der Waals surface area contributed by atoms with E-state index in [1.165, 1.54) is 0 Å². The van der Waals surface area contributed by atoms with Crippen molar-refractivity contribution in [2.75, 3.05) is 31.8 Å². The fourth-order valence-corrected chi connectivity index (χ4v) is 2.04. The second kappa shape index (κ2) is 5.65. The van der Waals surface area contributed by atoms with Crippen molar-refractivity contribution in [3.63, 3.8) is 0 Å². The number of carbonyl (C=O) groups excluding carboxylic acids is 1. The van der Waals surface area contributed by atoms with Crippen LogP contribution in [0.3, 0.4) is 0 Å². The van der Waals surface area contributed by atoms with Crippen molar-refractivity contribution in [3.05, 3.63) is 54.1 Å². The maximum atomic E-state index is 12.3. The molecule has 0 aliphatic carbocycles. The van der Waals surface area contributed by atoms with Crippen LogP contribution in [-0.2, 0) is 0 Å². The second-order valence-corrected chi connectivity index (χ2v) is 4.87. The van der Waals surface area contributed by atoms with Crippen LogP contribution in [0.4, 0.5) is 17.1 Å². The molecular formula is C16H19N3O. The van der Waals surface area contributed by atoms with Crippen LogP contribution in [0.2, 0.25) is 0 Å². The summed E-state index contributed by atoms with van der Waals surface area (Å²) < 4.78 is 0. The summed E-state index contributed by atoms with van der Waals surface area (Å²) in [5, 5.41) is 0. The number of nitrogens with two attached hydrogens (primary N) is 1. The van der Waals surface area contributed by atoms with Gasteiger partial charge in [-0.15, -0.1) is 0 Å². The van der Waals surface area contributed by atoms with Crippen molar-refractivity contribution in [3.8, 4) is 0 Å². The minimum Gasteiger partial charge on any atom is -0.399 e. The highest BCUT2D eigenvalue weighted by molar-refractivity contribution is 6.01. The fraction of sp³-hybridized carbons (Fsp3) is 0.188.